The van der Waals surface area contributed by atoms with E-state index in [1.54, 1.807) is 0 Å². The van der Waals surface area contributed by atoms with E-state index in [2.05, 4.69) is 194 Å². The second-order valence-electron chi connectivity index (χ2n) is 15.3. The van der Waals surface area contributed by atoms with Crippen LogP contribution in [0.2, 0.25) is 0 Å². The molecule has 1 aliphatic carbocycles. The third-order valence-corrected chi connectivity index (χ3v) is 11.8. The number of para-hydroxylation sites is 3. The van der Waals surface area contributed by atoms with Crippen LogP contribution >= 0.6 is 0 Å². The van der Waals surface area contributed by atoms with E-state index in [1.807, 2.05) is 0 Å². The Balaban J connectivity index is 0.896. The number of anilines is 5. The molecule has 2 nitrogen and oxygen atoms in total. The van der Waals surface area contributed by atoms with Crippen molar-refractivity contribution >= 4 is 40.6 Å². The molecule has 0 fully saturated rings. The van der Waals surface area contributed by atoms with Gasteiger partial charge in [-0.3, -0.25) is 0 Å². The van der Waals surface area contributed by atoms with Crippen molar-refractivity contribution in [2.75, 3.05) is 16.3 Å². The molecule has 0 N–H and O–H groups in total. The fraction of sp³-hybridized carbons (Fsp3) is 0.137. The van der Waals surface area contributed by atoms with Crippen LogP contribution in [0.1, 0.15) is 59.2 Å². The molecule has 2 heterocycles. The van der Waals surface area contributed by atoms with Crippen LogP contribution in [0, 0.1) is 0 Å². The van der Waals surface area contributed by atoms with Crippen LogP contribution in [0.3, 0.4) is 0 Å². The fourth-order valence-electron chi connectivity index (χ4n) is 8.99. The van der Waals surface area contributed by atoms with E-state index < -0.39 is 0 Å². The molecule has 10 rings (SSSR count). The maximum absolute atomic E-state index is 2.52. The summed E-state index contributed by atoms with van der Waals surface area (Å²) in [5.41, 5.74) is 20.8. The van der Waals surface area contributed by atoms with Gasteiger partial charge in [0.05, 0.1) is 0 Å². The molecule has 0 atom stereocenters. The van der Waals surface area contributed by atoms with Crippen molar-refractivity contribution in [1.82, 2.24) is 0 Å². The summed E-state index contributed by atoms with van der Waals surface area (Å²) in [5.74, 6) is 0. The molecule has 0 bridgehead atoms. The van der Waals surface area contributed by atoms with E-state index in [0.29, 0.717) is 0 Å². The topological polar surface area (TPSA) is 6.48 Å². The Morgan fingerprint density at radius 1 is 0.491 bits per heavy atom. The first-order chi connectivity index (χ1) is 26.0. The van der Waals surface area contributed by atoms with Crippen molar-refractivity contribution in [3.05, 3.63) is 197 Å². The van der Waals surface area contributed by atoms with Gasteiger partial charge in [-0.05, 0) is 117 Å². The molecular weight excluding hydrogens is 641 g/mol. The van der Waals surface area contributed by atoms with Gasteiger partial charge in [-0.2, -0.15) is 0 Å². The molecule has 0 saturated carbocycles. The highest BCUT2D eigenvalue weighted by atomic mass is 15.2. The van der Waals surface area contributed by atoms with Crippen molar-refractivity contribution in [2.24, 2.45) is 0 Å². The van der Waals surface area contributed by atoms with Crippen molar-refractivity contribution in [2.45, 2.75) is 38.5 Å². The molecule has 0 radical (unpaired) electrons. The first-order valence-corrected chi connectivity index (χ1v) is 19.0. The predicted octanol–water partition coefficient (Wildman–Crippen LogP) is 13.3. The summed E-state index contributed by atoms with van der Waals surface area (Å²) < 4.78 is 0. The summed E-state index contributed by atoms with van der Waals surface area (Å²) in [7, 11) is 0. The van der Waals surface area contributed by atoms with Gasteiger partial charge in [0.15, 0.2) is 0 Å². The lowest BCUT2D eigenvalue weighted by molar-refractivity contribution is 0.659. The summed E-state index contributed by atoms with van der Waals surface area (Å²) in [6.07, 6.45) is 7.81. The van der Waals surface area contributed by atoms with Gasteiger partial charge >= 0.3 is 0 Å². The summed E-state index contributed by atoms with van der Waals surface area (Å²) >= 11 is 0. The maximum atomic E-state index is 2.52. The summed E-state index contributed by atoms with van der Waals surface area (Å²) in [4.78, 5) is 4.93. The van der Waals surface area contributed by atoms with Crippen LogP contribution < -0.4 is 9.80 Å². The molecule has 2 aliphatic heterocycles. The zero-order valence-corrected chi connectivity index (χ0v) is 30.4. The molecule has 0 saturated heterocycles. The van der Waals surface area contributed by atoms with Crippen LogP contribution in [0.5, 0.6) is 0 Å². The molecule has 0 aromatic heterocycles. The molecule has 2 heteroatoms. The number of benzene rings is 7. The second-order valence-corrected chi connectivity index (χ2v) is 15.3. The SMILES string of the molecule is CC1(C)c2cc(C=Cc3ccc(-c4cccc(N5c6ccccc6Cc6ccccc65)c4)cc3)ccc2-c2ccc(N3CCCc4ccccc43)cc21. The molecule has 3 aliphatic rings. The quantitative estimate of drug-likeness (QED) is 0.167. The number of hydrogen-bond acceptors (Lipinski definition) is 2. The number of nitrogens with zero attached hydrogens (tertiary/aromatic N) is 2. The minimum absolute atomic E-state index is 0.0750. The normalized spacial score (nSPS) is 15.1. The largest absolute Gasteiger partial charge is 0.341 e. The molecule has 0 amide bonds. The summed E-state index contributed by atoms with van der Waals surface area (Å²) in [6.45, 7) is 5.83. The smallest absolute Gasteiger partial charge is 0.0497 e. The molecular formula is C51H42N2. The van der Waals surface area contributed by atoms with Gasteiger partial charge in [0.2, 0.25) is 0 Å². The van der Waals surface area contributed by atoms with Gasteiger partial charge in [0, 0.05) is 46.8 Å². The van der Waals surface area contributed by atoms with Crippen LogP contribution in [0.4, 0.5) is 28.4 Å². The highest BCUT2D eigenvalue weighted by Crippen LogP contribution is 2.51. The number of rotatable bonds is 5. The standard InChI is InChI=1S/C51H42N2/c1-51(2)46-31-36(24-28-44(46)45-29-27-42(34-47(45)51)52-30-10-15-38-11-3-6-17-48(38)52)21-20-35-22-25-37(26-23-35)39-14-9-16-43(33-39)53-49-18-7-4-12-40(49)32-41-13-5-8-19-50(41)53/h3-9,11-14,16-29,31,33-34H,10,15,30,32H2,1-2H3. The van der Waals surface area contributed by atoms with Gasteiger partial charge in [-0.15, -0.1) is 0 Å². The Labute approximate surface area is 313 Å². The monoisotopic (exact) mass is 682 g/mol. The Kier molecular flexibility index (Phi) is 7.47. The molecule has 256 valence electrons. The fourth-order valence-corrected chi connectivity index (χ4v) is 8.99. The molecule has 0 spiro atoms. The van der Waals surface area contributed by atoms with Gasteiger partial charge in [-0.25, -0.2) is 0 Å². The van der Waals surface area contributed by atoms with E-state index in [9.17, 15) is 0 Å². The first kappa shape index (κ1) is 31.6. The molecule has 7 aromatic carbocycles. The van der Waals surface area contributed by atoms with E-state index in [-0.39, 0.29) is 5.41 Å². The molecule has 0 unspecified atom stereocenters. The third kappa shape index (κ3) is 5.40. The lowest BCUT2D eigenvalue weighted by Crippen LogP contribution is -2.25. The van der Waals surface area contributed by atoms with Gasteiger partial charge in [0.1, 0.15) is 0 Å². The predicted molar refractivity (Wildman–Crippen MR) is 224 cm³/mol. The summed E-state index contributed by atoms with van der Waals surface area (Å²) in [5, 5.41) is 0. The van der Waals surface area contributed by atoms with E-state index >= 15 is 0 Å². The summed E-state index contributed by atoms with van der Waals surface area (Å²) in [6, 6.07) is 58.5. The minimum atomic E-state index is -0.0750. The third-order valence-electron chi connectivity index (χ3n) is 11.8. The lowest BCUT2D eigenvalue weighted by atomic mass is 9.81. The van der Waals surface area contributed by atoms with Crippen LogP contribution in [-0.4, -0.2) is 6.54 Å². The molecule has 53 heavy (non-hydrogen) atoms. The molecule has 7 aromatic rings. The van der Waals surface area contributed by atoms with Crippen LogP contribution in [0.15, 0.2) is 158 Å². The van der Waals surface area contributed by atoms with Crippen molar-refractivity contribution in [3.8, 4) is 22.3 Å². The van der Waals surface area contributed by atoms with Crippen LogP contribution in [0.25, 0.3) is 34.4 Å². The van der Waals surface area contributed by atoms with E-state index in [0.717, 1.165) is 19.4 Å². The average Bonchev–Trinajstić information content (AvgIpc) is 3.43. The highest BCUT2D eigenvalue weighted by Gasteiger charge is 2.36. The minimum Gasteiger partial charge on any atom is -0.341 e. The number of hydrogen-bond donors (Lipinski definition) is 0. The number of aryl methyl sites for hydroxylation is 1. The zero-order valence-electron chi connectivity index (χ0n) is 30.4. The van der Waals surface area contributed by atoms with Crippen LogP contribution in [-0.2, 0) is 18.3 Å². The van der Waals surface area contributed by atoms with E-state index in [4.69, 9.17) is 0 Å². The first-order valence-electron chi connectivity index (χ1n) is 19.0. The van der Waals surface area contributed by atoms with Crippen molar-refractivity contribution in [1.29, 1.82) is 0 Å². The Bertz CT molecular complexity index is 2510. The zero-order chi connectivity index (χ0) is 35.5. The van der Waals surface area contributed by atoms with Gasteiger partial charge in [-0.1, -0.05) is 141 Å². The van der Waals surface area contributed by atoms with Gasteiger partial charge < -0.3 is 9.80 Å². The lowest BCUT2D eigenvalue weighted by Gasteiger charge is -2.33. The number of fused-ring (bicyclic) bond motifs is 6. The van der Waals surface area contributed by atoms with Crippen molar-refractivity contribution < 1.29 is 0 Å². The van der Waals surface area contributed by atoms with Gasteiger partial charge in [0.25, 0.3) is 0 Å². The maximum Gasteiger partial charge on any atom is 0.0497 e. The van der Waals surface area contributed by atoms with E-state index in [1.165, 1.54) is 96.1 Å². The second kappa shape index (κ2) is 12.5. The Morgan fingerprint density at radius 3 is 1.87 bits per heavy atom. The average molecular weight is 683 g/mol. The Hall–Kier alpha value is -6.12. The van der Waals surface area contributed by atoms with Crippen molar-refractivity contribution in [3.63, 3.8) is 0 Å². The Morgan fingerprint density at radius 2 is 1.11 bits per heavy atom. The highest BCUT2D eigenvalue weighted by molar-refractivity contribution is 5.87.